The van der Waals surface area contributed by atoms with Crippen molar-refractivity contribution in [1.82, 2.24) is 10.2 Å². The predicted octanol–water partition coefficient (Wildman–Crippen LogP) is 4.71. The Morgan fingerprint density at radius 1 is 0.966 bits per heavy atom. The molecule has 144 valence electrons. The summed E-state index contributed by atoms with van der Waals surface area (Å²) in [7, 11) is 0. The highest BCUT2D eigenvalue weighted by molar-refractivity contribution is 7.99. The Morgan fingerprint density at radius 2 is 1.76 bits per heavy atom. The number of ketones is 1. The van der Waals surface area contributed by atoms with Crippen LogP contribution >= 0.6 is 11.8 Å². The summed E-state index contributed by atoms with van der Waals surface area (Å²) in [6, 6.07) is 21.1. The minimum Gasteiger partial charge on any atom is -0.485 e. The lowest BCUT2D eigenvalue weighted by Gasteiger charge is -2.23. The molecular formula is C22H16N2O4S. The van der Waals surface area contributed by atoms with E-state index in [0.717, 1.165) is 10.8 Å². The van der Waals surface area contributed by atoms with Crippen LogP contribution in [0.5, 0.6) is 11.5 Å². The van der Waals surface area contributed by atoms with Crippen molar-refractivity contribution in [2.45, 2.75) is 11.3 Å². The Bertz CT molecular complexity index is 1190. The Balaban J connectivity index is 1.24. The third kappa shape index (κ3) is 3.69. The standard InChI is InChI=1S/C22H16N2O4S/c25-17(16-10-9-14-5-1-2-6-15(14)11-16)13-29-22-24-23-21(28-22)20-12-26-18-7-3-4-8-19(18)27-20/h1-11,20H,12-13H2/t20-/m0/s1. The van der Waals surface area contributed by atoms with E-state index in [2.05, 4.69) is 10.2 Å². The summed E-state index contributed by atoms with van der Waals surface area (Å²) in [4.78, 5) is 12.6. The normalized spacial score (nSPS) is 15.4. The Hall–Kier alpha value is -3.32. The van der Waals surface area contributed by atoms with Crippen molar-refractivity contribution in [2.75, 3.05) is 12.4 Å². The monoisotopic (exact) mass is 404 g/mol. The first-order chi connectivity index (χ1) is 14.3. The maximum absolute atomic E-state index is 12.6. The molecule has 1 aliphatic heterocycles. The van der Waals surface area contributed by atoms with Crippen LogP contribution in [0.1, 0.15) is 22.4 Å². The minimum atomic E-state index is -0.470. The number of hydrogen-bond donors (Lipinski definition) is 0. The second-order valence-corrected chi connectivity index (χ2v) is 7.47. The number of thioether (sulfide) groups is 1. The molecule has 5 rings (SSSR count). The number of para-hydroxylation sites is 2. The smallest absolute Gasteiger partial charge is 0.277 e. The summed E-state index contributed by atoms with van der Waals surface area (Å²) in [5.41, 5.74) is 0.663. The first kappa shape index (κ1) is 17.8. The number of ether oxygens (including phenoxy) is 2. The number of carbonyl (C=O) groups excluding carboxylic acids is 1. The van der Waals surface area contributed by atoms with E-state index >= 15 is 0 Å². The van der Waals surface area contributed by atoms with Crippen LogP contribution in [-0.2, 0) is 0 Å². The van der Waals surface area contributed by atoms with Gasteiger partial charge in [-0.15, -0.1) is 10.2 Å². The van der Waals surface area contributed by atoms with E-state index in [-0.39, 0.29) is 11.5 Å². The molecule has 29 heavy (non-hydrogen) atoms. The van der Waals surface area contributed by atoms with E-state index in [9.17, 15) is 4.79 Å². The molecule has 0 spiro atoms. The summed E-state index contributed by atoms with van der Waals surface area (Å²) in [6.07, 6.45) is -0.470. The number of fused-ring (bicyclic) bond motifs is 2. The molecule has 0 saturated heterocycles. The summed E-state index contributed by atoms with van der Waals surface area (Å²) in [5, 5.41) is 10.5. The molecular weight excluding hydrogens is 388 g/mol. The highest BCUT2D eigenvalue weighted by Gasteiger charge is 2.27. The number of rotatable bonds is 5. The van der Waals surface area contributed by atoms with Gasteiger partial charge in [-0.3, -0.25) is 4.79 Å². The van der Waals surface area contributed by atoms with Crippen LogP contribution in [0.4, 0.5) is 0 Å². The van der Waals surface area contributed by atoms with Gasteiger partial charge in [-0.1, -0.05) is 60.3 Å². The molecule has 6 nitrogen and oxygen atoms in total. The van der Waals surface area contributed by atoms with Crippen LogP contribution in [-0.4, -0.2) is 28.3 Å². The van der Waals surface area contributed by atoms with E-state index in [1.54, 1.807) is 0 Å². The van der Waals surface area contributed by atoms with Crippen molar-refractivity contribution in [3.05, 3.63) is 78.2 Å². The fraction of sp³-hybridized carbons (Fsp3) is 0.136. The molecule has 0 bridgehead atoms. The largest absolute Gasteiger partial charge is 0.485 e. The molecule has 1 aliphatic rings. The van der Waals surface area contributed by atoms with Crippen LogP contribution in [0.2, 0.25) is 0 Å². The van der Waals surface area contributed by atoms with Gasteiger partial charge in [-0.05, 0) is 29.0 Å². The lowest BCUT2D eigenvalue weighted by Crippen LogP contribution is -2.21. The first-order valence-electron chi connectivity index (χ1n) is 9.13. The van der Waals surface area contributed by atoms with Crippen LogP contribution in [0.15, 0.2) is 76.4 Å². The minimum absolute atomic E-state index is 0.00619. The van der Waals surface area contributed by atoms with Crippen LogP contribution in [0.25, 0.3) is 10.8 Å². The summed E-state index contributed by atoms with van der Waals surface area (Å²) in [5.74, 6) is 1.89. The number of Topliss-reactive ketones (excluding diaryl/α,β-unsaturated/α-hetero) is 1. The molecule has 0 fully saturated rings. The molecule has 4 aromatic rings. The third-order valence-corrected chi connectivity index (χ3v) is 5.42. The van der Waals surface area contributed by atoms with Crippen molar-refractivity contribution in [1.29, 1.82) is 0 Å². The lowest BCUT2D eigenvalue weighted by molar-refractivity contribution is 0.0686. The van der Waals surface area contributed by atoms with Crippen molar-refractivity contribution in [2.24, 2.45) is 0 Å². The number of carbonyl (C=O) groups is 1. The van der Waals surface area contributed by atoms with E-state index < -0.39 is 6.10 Å². The van der Waals surface area contributed by atoms with Gasteiger partial charge in [0.2, 0.25) is 6.10 Å². The molecule has 0 aliphatic carbocycles. The Morgan fingerprint density at radius 3 is 2.66 bits per heavy atom. The van der Waals surface area contributed by atoms with Crippen molar-refractivity contribution in [3.63, 3.8) is 0 Å². The van der Waals surface area contributed by atoms with E-state index in [1.807, 2.05) is 66.7 Å². The molecule has 2 heterocycles. The fourth-order valence-corrected chi connectivity index (χ4v) is 3.79. The second-order valence-electron chi connectivity index (χ2n) is 6.54. The number of benzene rings is 3. The molecule has 0 radical (unpaired) electrons. The zero-order chi connectivity index (χ0) is 19.6. The molecule has 1 aromatic heterocycles. The number of nitrogens with zero attached hydrogens (tertiary/aromatic N) is 2. The molecule has 0 unspecified atom stereocenters. The molecule has 0 amide bonds. The third-order valence-electron chi connectivity index (χ3n) is 4.60. The fourth-order valence-electron chi connectivity index (χ4n) is 3.12. The first-order valence-corrected chi connectivity index (χ1v) is 10.1. The second kappa shape index (κ2) is 7.60. The van der Waals surface area contributed by atoms with E-state index in [4.69, 9.17) is 13.9 Å². The molecule has 0 saturated carbocycles. The van der Waals surface area contributed by atoms with Gasteiger partial charge >= 0.3 is 0 Å². The van der Waals surface area contributed by atoms with Crippen LogP contribution < -0.4 is 9.47 Å². The lowest BCUT2D eigenvalue weighted by atomic mass is 10.1. The average molecular weight is 404 g/mol. The molecule has 3 aromatic carbocycles. The van der Waals surface area contributed by atoms with Gasteiger partial charge in [0.1, 0.15) is 6.61 Å². The summed E-state index contributed by atoms with van der Waals surface area (Å²) in [6.45, 7) is 0.291. The van der Waals surface area contributed by atoms with Crippen molar-refractivity contribution in [3.8, 4) is 11.5 Å². The topological polar surface area (TPSA) is 74.5 Å². The maximum atomic E-state index is 12.6. The van der Waals surface area contributed by atoms with Crippen molar-refractivity contribution >= 4 is 28.3 Å². The van der Waals surface area contributed by atoms with Gasteiger partial charge in [-0.25, -0.2) is 0 Å². The summed E-state index contributed by atoms with van der Waals surface area (Å²) < 4.78 is 17.2. The molecule has 1 atom stereocenters. The van der Waals surface area contributed by atoms with Gasteiger partial charge < -0.3 is 13.9 Å². The highest BCUT2D eigenvalue weighted by Crippen LogP contribution is 2.36. The van der Waals surface area contributed by atoms with Gasteiger partial charge in [0.25, 0.3) is 11.1 Å². The average Bonchev–Trinajstić information content (AvgIpc) is 3.26. The quantitative estimate of drug-likeness (QED) is 0.352. The summed E-state index contributed by atoms with van der Waals surface area (Å²) >= 11 is 1.21. The maximum Gasteiger partial charge on any atom is 0.277 e. The van der Waals surface area contributed by atoms with Gasteiger partial charge in [0, 0.05) is 5.56 Å². The van der Waals surface area contributed by atoms with Crippen LogP contribution in [0.3, 0.4) is 0 Å². The van der Waals surface area contributed by atoms with E-state index in [1.165, 1.54) is 11.8 Å². The number of hydrogen-bond acceptors (Lipinski definition) is 7. The SMILES string of the molecule is O=C(CSc1nnc([C@@H]2COc3ccccc3O2)o1)c1ccc2ccccc2c1. The van der Waals surface area contributed by atoms with E-state index in [0.29, 0.717) is 34.8 Å². The Kier molecular flexibility index (Phi) is 4.65. The predicted molar refractivity (Wildman–Crippen MR) is 109 cm³/mol. The highest BCUT2D eigenvalue weighted by atomic mass is 32.2. The van der Waals surface area contributed by atoms with Gasteiger partial charge in [0.05, 0.1) is 5.75 Å². The zero-order valence-corrected chi connectivity index (χ0v) is 16.1. The Labute approximate surface area is 170 Å². The van der Waals surface area contributed by atoms with Crippen LogP contribution in [0, 0.1) is 0 Å². The molecule has 0 N–H and O–H groups in total. The van der Waals surface area contributed by atoms with Crippen molar-refractivity contribution < 1.29 is 18.7 Å². The molecule has 7 heteroatoms. The van der Waals surface area contributed by atoms with Gasteiger partial charge in [-0.2, -0.15) is 0 Å². The van der Waals surface area contributed by atoms with Gasteiger partial charge in [0.15, 0.2) is 17.3 Å². The zero-order valence-electron chi connectivity index (χ0n) is 15.3. The number of aromatic nitrogens is 2.